The lowest BCUT2D eigenvalue weighted by Crippen LogP contribution is -2.51. The maximum atomic E-state index is 12.5. The molecule has 1 amide bonds. The van der Waals surface area contributed by atoms with E-state index in [1.54, 1.807) is 0 Å². The standard InChI is InChI=1S/C14H26N2O2/c1-3-16(9-12-5-7-18-10-12)14(17)13-8-11(2)4-6-15-13/h11-13,15H,3-10H2,1-2H3. The van der Waals surface area contributed by atoms with Crippen molar-refractivity contribution in [1.82, 2.24) is 10.2 Å². The van der Waals surface area contributed by atoms with E-state index in [0.717, 1.165) is 45.7 Å². The van der Waals surface area contributed by atoms with Gasteiger partial charge >= 0.3 is 0 Å². The van der Waals surface area contributed by atoms with Crippen LogP contribution in [-0.2, 0) is 9.53 Å². The van der Waals surface area contributed by atoms with Crippen molar-refractivity contribution < 1.29 is 9.53 Å². The van der Waals surface area contributed by atoms with Crippen molar-refractivity contribution in [2.24, 2.45) is 11.8 Å². The van der Waals surface area contributed by atoms with Gasteiger partial charge in [0.05, 0.1) is 12.6 Å². The third-order valence-electron chi connectivity index (χ3n) is 4.16. The van der Waals surface area contributed by atoms with Crippen molar-refractivity contribution in [2.75, 3.05) is 32.8 Å². The molecule has 0 spiro atoms. The topological polar surface area (TPSA) is 41.6 Å². The highest BCUT2D eigenvalue weighted by Crippen LogP contribution is 2.19. The minimum Gasteiger partial charge on any atom is -0.381 e. The summed E-state index contributed by atoms with van der Waals surface area (Å²) in [5, 5.41) is 3.37. The highest BCUT2D eigenvalue weighted by Gasteiger charge is 2.29. The van der Waals surface area contributed by atoms with E-state index in [4.69, 9.17) is 4.74 Å². The van der Waals surface area contributed by atoms with Crippen LogP contribution < -0.4 is 5.32 Å². The molecular formula is C14H26N2O2. The van der Waals surface area contributed by atoms with Gasteiger partial charge in [-0.15, -0.1) is 0 Å². The summed E-state index contributed by atoms with van der Waals surface area (Å²) in [6.45, 7) is 8.63. The predicted octanol–water partition coefficient (Wildman–Crippen LogP) is 1.26. The largest absolute Gasteiger partial charge is 0.381 e. The van der Waals surface area contributed by atoms with E-state index >= 15 is 0 Å². The molecule has 0 aromatic carbocycles. The quantitative estimate of drug-likeness (QED) is 0.821. The van der Waals surface area contributed by atoms with E-state index in [0.29, 0.717) is 11.8 Å². The number of hydrogen-bond donors (Lipinski definition) is 1. The molecular weight excluding hydrogens is 228 g/mol. The SMILES string of the molecule is CCN(CC1CCOC1)C(=O)C1CC(C)CCN1. The second-order valence-electron chi connectivity index (χ2n) is 5.74. The van der Waals surface area contributed by atoms with Crippen LogP contribution in [0.15, 0.2) is 0 Å². The number of amides is 1. The molecule has 3 atom stereocenters. The maximum absolute atomic E-state index is 12.5. The van der Waals surface area contributed by atoms with E-state index < -0.39 is 0 Å². The third-order valence-corrected chi connectivity index (χ3v) is 4.16. The Hall–Kier alpha value is -0.610. The van der Waals surface area contributed by atoms with Gasteiger partial charge in [-0.1, -0.05) is 6.92 Å². The van der Waals surface area contributed by atoms with Crippen LogP contribution in [0.3, 0.4) is 0 Å². The second kappa shape index (κ2) is 6.53. The van der Waals surface area contributed by atoms with Gasteiger partial charge in [0.2, 0.25) is 5.91 Å². The highest BCUT2D eigenvalue weighted by molar-refractivity contribution is 5.82. The van der Waals surface area contributed by atoms with Crippen LogP contribution in [0.4, 0.5) is 0 Å². The monoisotopic (exact) mass is 254 g/mol. The molecule has 1 N–H and O–H groups in total. The van der Waals surface area contributed by atoms with Crippen LogP contribution in [0, 0.1) is 11.8 Å². The zero-order chi connectivity index (χ0) is 13.0. The molecule has 2 aliphatic rings. The van der Waals surface area contributed by atoms with E-state index in [-0.39, 0.29) is 11.9 Å². The Balaban J connectivity index is 1.87. The van der Waals surface area contributed by atoms with Gasteiger partial charge < -0.3 is 15.0 Å². The van der Waals surface area contributed by atoms with Gasteiger partial charge in [-0.05, 0) is 38.6 Å². The molecule has 0 bridgehead atoms. The summed E-state index contributed by atoms with van der Waals surface area (Å²) in [6.07, 6.45) is 3.27. The van der Waals surface area contributed by atoms with Crippen LogP contribution in [0.1, 0.15) is 33.1 Å². The minimum absolute atomic E-state index is 0.0380. The zero-order valence-corrected chi connectivity index (χ0v) is 11.7. The van der Waals surface area contributed by atoms with Crippen molar-refractivity contribution in [1.29, 1.82) is 0 Å². The van der Waals surface area contributed by atoms with Gasteiger partial charge in [0.15, 0.2) is 0 Å². The van der Waals surface area contributed by atoms with E-state index in [1.807, 2.05) is 4.90 Å². The Morgan fingerprint density at radius 3 is 2.89 bits per heavy atom. The first kappa shape index (κ1) is 13.8. The van der Waals surface area contributed by atoms with Gasteiger partial charge in [-0.2, -0.15) is 0 Å². The van der Waals surface area contributed by atoms with Crippen molar-refractivity contribution in [3.8, 4) is 0 Å². The van der Waals surface area contributed by atoms with Crippen LogP contribution in [-0.4, -0.2) is 49.7 Å². The van der Waals surface area contributed by atoms with E-state index in [1.165, 1.54) is 6.42 Å². The van der Waals surface area contributed by atoms with E-state index in [2.05, 4.69) is 19.2 Å². The number of hydrogen-bond acceptors (Lipinski definition) is 3. The first-order valence-electron chi connectivity index (χ1n) is 7.30. The van der Waals surface area contributed by atoms with Crippen LogP contribution in [0.5, 0.6) is 0 Å². The van der Waals surface area contributed by atoms with Crippen molar-refractivity contribution in [3.05, 3.63) is 0 Å². The minimum atomic E-state index is 0.0380. The van der Waals surface area contributed by atoms with Gasteiger partial charge in [0.1, 0.15) is 0 Å². The summed E-state index contributed by atoms with van der Waals surface area (Å²) in [5.74, 6) is 1.49. The smallest absolute Gasteiger partial charge is 0.239 e. The number of nitrogens with zero attached hydrogens (tertiary/aromatic N) is 1. The third kappa shape index (κ3) is 3.45. The van der Waals surface area contributed by atoms with Crippen molar-refractivity contribution >= 4 is 5.91 Å². The number of ether oxygens (including phenoxy) is 1. The predicted molar refractivity (Wildman–Crippen MR) is 71.4 cm³/mol. The fourth-order valence-corrected chi connectivity index (χ4v) is 2.93. The zero-order valence-electron chi connectivity index (χ0n) is 11.7. The molecule has 4 heteroatoms. The average molecular weight is 254 g/mol. The number of carbonyl (C=O) groups is 1. The normalized spacial score (nSPS) is 32.4. The molecule has 0 aliphatic carbocycles. The van der Waals surface area contributed by atoms with Gasteiger partial charge in [0, 0.05) is 25.6 Å². The van der Waals surface area contributed by atoms with Gasteiger partial charge in [-0.25, -0.2) is 0 Å². The summed E-state index contributed by atoms with van der Waals surface area (Å²) in [4.78, 5) is 14.5. The molecule has 3 unspecified atom stereocenters. The Morgan fingerprint density at radius 2 is 2.28 bits per heavy atom. The summed E-state index contributed by atoms with van der Waals surface area (Å²) in [5.41, 5.74) is 0. The average Bonchev–Trinajstić information content (AvgIpc) is 2.88. The Labute approximate surface area is 110 Å². The highest BCUT2D eigenvalue weighted by atomic mass is 16.5. The van der Waals surface area contributed by atoms with E-state index in [9.17, 15) is 4.79 Å². The Kier molecular flexibility index (Phi) is 5.01. The number of likely N-dealkylation sites (N-methyl/N-ethyl adjacent to an activating group) is 1. The molecule has 2 aliphatic heterocycles. The summed E-state index contributed by atoms with van der Waals surface area (Å²) in [6, 6.07) is 0.0380. The Bertz CT molecular complexity index is 277. The molecule has 0 radical (unpaired) electrons. The summed E-state index contributed by atoms with van der Waals surface area (Å²) in [7, 11) is 0. The Morgan fingerprint density at radius 1 is 1.44 bits per heavy atom. The molecule has 0 aromatic heterocycles. The lowest BCUT2D eigenvalue weighted by atomic mass is 9.93. The summed E-state index contributed by atoms with van der Waals surface area (Å²) < 4.78 is 5.39. The second-order valence-corrected chi connectivity index (χ2v) is 5.74. The van der Waals surface area contributed by atoms with Gasteiger partial charge in [0.25, 0.3) is 0 Å². The van der Waals surface area contributed by atoms with Crippen LogP contribution >= 0.6 is 0 Å². The molecule has 104 valence electrons. The molecule has 18 heavy (non-hydrogen) atoms. The first-order chi connectivity index (χ1) is 8.70. The van der Waals surface area contributed by atoms with Gasteiger partial charge in [-0.3, -0.25) is 4.79 Å². The maximum Gasteiger partial charge on any atom is 0.239 e. The van der Waals surface area contributed by atoms with Crippen LogP contribution in [0.25, 0.3) is 0 Å². The molecule has 4 nitrogen and oxygen atoms in total. The lowest BCUT2D eigenvalue weighted by Gasteiger charge is -2.32. The number of nitrogens with one attached hydrogen (secondary N) is 1. The molecule has 2 fully saturated rings. The summed E-state index contributed by atoms with van der Waals surface area (Å²) >= 11 is 0. The molecule has 0 saturated carbocycles. The fraction of sp³-hybridized carbons (Fsp3) is 0.929. The molecule has 2 saturated heterocycles. The lowest BCUT2D eigenvalue weighted by molar-refractivity contribution is -0.134. The van der Waals surface area contributed by atoms with Crippen LogP contribution in [0.2, 0.25) is 0 Å². The van der Waals surface area contributed by atoms with Crippen molar-refractivity contribution in [2.45, 2.75) is 39.2 Å². The fourth-order valence-electron chi connectivity index (χ4n) is 2.93. The first-order valence-corrected chi connectivity index (χ1v) is 7.30. The molecule has 2 heterocycles. The number of carbonyl (C=O) groups excluding carboxylic acids is 1. The number of rotatable bonds is 4. The molecule has 2 rings (SSSR count). The molecule has 0 aromatic rings. The number of piperidine rings is 1. The van der Waals surface area contributed by atoms with Crippen molar-refractivity contribution in [3.63, 3.8) is 0 Å².